The van der Waals surface area contributed by atoms with Gasteiger partial charge in [0.25, 0.3) is 0 Å². The summed E-state index contributed by atoms with van der Waals surface area (Å²) in [7, 11) is 0. The van der Waals surface area contributed by atoms with Crippen molar-refractivity contribution in [3.05, 3.63) is 0 Å². The lowest BCUT2D eigenvalue weighted by Gasteiger charge is -2.41. The summed E-state index contributed by atoms with van der Waals surface area (Å²) in [6.07, 6.45) is 0.835. The summed E-state index contributed by atoms with van der Waals surface area (Å²) in [6.45, 7) is 9.33. The Balaban J connectivity index is 2.06. The number of amides is 4. The van der Waals surface area contributed by atoms with Crippen LogP contribution < -0.4 is 10.6 Å². The van der Waals surface area contributed by atoms with Crippen molar-refractivity contribution in [1.82, 2.24) is 20.4 Å². The van der Waals surface area contributed by atoms with Crippen LogP contribution in [0.25, 0.3) is 0 Å². The number of hydrogen-bond donors (Lipinski definition) is 2. The van der Waals surface area contributed by atoms with Crippen LogP contribution in [-0.4, -0.2) is 91.1 Å². The van der Waals surface area contributed by atoms with Gasteiger partial charge in [-0.25, -0.2) is 4.79 Å². The highest BCUT2D eigenvalue weighted by molar-refractivity contribution is 5.95. The standard InChI is InChI=1S/C23H38N4O7/c1-15(2)5-11-33-19(28)13-17-21(30)24-7-9-26(17)23(32)27-10-8-25-22(31)18(27)14-20(29)34-12-6-16(3)4/h15-18H,5-14H2,1-4H3,(H,24,30)(H,25,31). The zero-order chi connectivity index (χ0) is 25.3. The van der Waals surface area contributed by atoms with Gasteiger partial charge in [-0.05, 0) is 24.7 Å². The summed E-state index contributed by atoms with van der Waals surface area (Å²) in [4.78, 5) is 65.7. The van der Waals surface area contributed by atoms with E-state index in [-0.39, 0.29) is 52.2 Å². The molecular formula is C23H38N4O7. The van der Waals surface area contributed by atoms with Crippen LogP contribution in [0.15, 0.2) is 0 Å². The fourth-order valence-corrected chi connectivity index (χ4v) is 3.71. The molecule has 11 heteroatoms. The molecule has 0 aliphatic carbocycles. The highest BCUT2D eigenvalue weighted by atomic mass is 16.5. The second-order valence-corrected chi connectivity index (χ2v) is 9.50. The van der Waals surface area contributed by atoms with E-state index in [1.54, 1.807) is 0 Å². The fourth-order valence-electron chi connectivity index (χ4n) is 3.71. The van der Waals surface area contributed by atoms with Crippen molar-refractivity contribution in [1.29, 1.82) is 0 Å². The molecule has 34 heavy (non-hydrogen) atoms. The maximum Gasteiger partial charge on any atom is 0.321 e. The molecule has 0 spiro atoms. The predicted octanol–water partition coefficient (Wildman–Crippen LogP) is 0.666. The first kappa shape index (κ1) is 27.4. The Kier molecular flexibility index (Phi) is 10.6. The molecular weight excluding hydrogens is 444 g/mol. The molecule has 2 atom stereocenters. The summed E-state index contributed by atoms with van der Waals surface area (Å²) >= 11 is 0. The average molecular weight is 483 g/mol. The van der Waals surface area contributed by atoms with Crippen LogP contribution in [0, 0.1) is 11.8 Å². The molecule has 2 saturated heterocycles. The van der Waals surface area contributed by atoms with Crippen molar-refractivity contribution in [2.75, 3.05) is 39.4 Å². The molecule has 2 N–H and O–H groups in total. The van der Waals surface area contributed by atoms with E-state index in [1.165, 1.54) is 9.80 Å². The zero-order valence-corrected chi connectivity index (χ0v) is 20.6. The van der Waals surface area contributed by atoms with Gasteiger partial charge < -0.3 is 29.9 Å². The van der Waals surface area contributed by atoms with Crippen LogP contribution in [0.1, 0.15) is 53.4 Å². The number of nitrogens with one attached hydrogen (secondary N) is 2. The van der Waals surface area contributed by atoms with Gasteiger partial charge >= 0.3 is 18.0 Å². The molecule has 0 aromatic carbocycles. The third-order valence-corrected chi connectivity index (χ3v) is 5.79. The van der Waals surface area contributed by atoms with Crippen LogP contribution in [0.2, 0.25) is 0 Å². The maximum atomic E-state index is 13.4. The number of esters is 2. The van der Waals surface area contributed by atoms with E-state index in [0.29, 0.717) is 24.7 Å². The Morgan fingerprint density at radius 3 is 1.53 bits per heavy atom. The van der Waals surface area contributed by atoms with Crippen molar-refractivity contribution in [3.63, 3.8) is 0 Å². The third-order valence-electron chi connectivity index (χ3n) is 5.79. The Bertz CT molecular complexity index is 696. The Labute approximate surface area is 200 Å². The quantitative estimate of drug-likeness (QED) is 0.437. The van der Waals surface area contributed by atoms with Gasteiger partial charge in [0.2, 0.25) is 11.8 Å². The van der Waals surface area contributed by atoms with E-state index >= 15 is 0 Å². The van der Waals surface area contributed by atoms with Crippen LogP contribution in [0.5, 0.6) is 0 Å². The van der Waals surface area contributed by atoms with Gasteiger partial charge in [0.15, 0.2) is 0 Å². The summed E-state index contributed by atoms with van der Waals surface area (Å²) in [6, 6.07) is -2.66. The summed E-state index contributed by atoms with van der Waals surface area (Å²) in [5.74, 6) is -1.31. The Morgan fingerprint density at radius 1 is 0.794 bits per heavy atom. The first-order valence-electron chi connectivity index (χ1n) is 12.0. The van der Waals surface area contributed by atoms with E-state index in [1.807, 2.05) is 27.7 Å². The van der Waals surface area contributed by atoms with E-state index < -0.39 is 41.9 Å². The number of urea groups is 1. The molecule has 4 amide bonds. The molecule has 0 bridgehead atoms. The van der Waals surface area contributed by atoms with Crippen molar-refractivity contribution >= 4 is 29.8 Å². The molecule has 2 rings (SSSR count). The molecule has 2 fully saturated rings. The molecule has 2 unspecified atom stereocenters. The number of hydrogen-bond acceptors (Lipinski definition) is 7. The smallest absolute Gasteiger partial charge is 0.321 e. The van der Waals surface area contributed by atoms with Crippen molar-refractivity contribution < 1.29 is 33.4 Å². The van der Waals surface area contributed by atoms with Gasteiger partial charge in [-0.2, -0.15) is 0 Å². The van der Waals surface area contributed by atoms with Crippen molar-refractivity contribution in [3.8, 4) is 0 Å². The first-order chi connectivity index (χ1) is 16.1. The average Bonchev–Trinajstić information content (AvgIpc) is 2.75. The third kappa shape index (κ3) is 8.18. The highest BCUT2D eigenvalue weighted by Gasteiger charge is 2.42. The lowest BCUT2D eigenvalue weighted by Crippen LogP contribution is -2.65. The summed E-state index contributed by atoms with van der Waals surface area (Å²) in [5, 5.41) is 5.34. The largest absolute Gasteiger partial charge is 0.466 e. The number of ether oxygens (including phenoxy) is 2. The molecule has 192 valence electrons. The van der Waals surface area contributed by atoms with E-state index in [4.69, 9.17) is 9.47 Å². The minimum Gasteiger partial charge on any atom is -0.466 e. The predicted molar refractivity (Wildman–Crippen MR) is 122 cm³/mol. The maximum absolute atomic E-state index is 13.4. The van der Waals surface area contributed by atoms with Gasteiger partial charge in [0.05, 0.1) is 26.1 Å². The topological polar surface area (TPSA) is 134 Å². The van der Waals surface area contributed by atoms with Gasteiger partial charge in [0, 0.05) is 26.2 Å². The van der Waals surface area contributed by atoms with Crippen molar-refractivity contribution in [2.45, 2.75) is 65.5 Å². The summed E-state index contributed by atoms with van der Waals surface area (Å²) in [5.41, 5.74) is 0. The number of carbonyl (C=O) groups excluding carboxylic acids is 5. The van der Waals surface area contributed by atoms with Crippen LogP contribution in [0.4, 0.5) is 4.79 Å². The second kappa shape index (κ2) is 13.1. The molecule has 0 radical (unpaired) electrons. The van der Waals surface area contributed by atoms with Gasteiger partial charge in [-0.15, -0.1) is 0 Å². The van der Waals surface area contributed by atoms with Gasteiger partial charge in [-0.3, -0.25) is 19.2 Å². The molecule has 2 aliphatic rings. The molecule has 2 aliphatic heterocycles. The van der Waals surface area contributed by atoms with Gasteiger partial charge in [0.1, 0.15) is 12.1 Å². The lowest BCUT2D eigenvalue weighted by atomic mass is 10.1. The fraction of sp³-hybridized carbons (Fsp3) is 0.783. The molecule has 0 saturated carbocycles. The van der Waals surface area contributed by atoms with Crippen LogP contribution >= 0.6 is 0 Å². The minimum absolute atomic E-state index is 0.179. The Hall–Kier alpha value is -2.85. The monoisotopic (exact) mass is 482 g/mol. The zero-order valence-electron chi connectivity index (χ0n) is 20.6. The molecule has 0 aromatic heterocycles. The Morgan fingerprint density at radius 2 is 1.18 bits per heavy atom. The molecule has 11 nitrogen and oxygen atoms in total. The van der Waals surface area contributed by atoms with E-state index in [0.717, 1.165) is 0 Å². The van der Waals surface area contributed by atoms with E-state index in [2.05, 4.69) is 10.6 Å². The number of nitrogens with zero attached hydrogens (tertiary/aromatic N) is 2. The summed E-state index contributed by atoms with van der Waals surface area (Å²) < 4.78 is 10.5. The first-order valence-corrected chi connectivity index (χ1v) is 12.0. The van der Waals surface area contributed by atoms with Crippen LogP contribution in [0.3, 0.4) is 0 Å². The highest BCUT2D eigenvalue weighted by Crippen LogP contribution is 2.18. The molecule has 2 heterocycles. The van der Waals surface area contributed by atoms with Gasteiger partial charge in [-0.1, -0.05) is 27.7 Å². The number of carbonyl (C=O) groups is 5. The minimum atomic E-state index is -1.04. The normalized spacial score (nSPS) is 20.8. The number of rotatable bonds is 10. The van der Waals surface area contributed by atoms with Crippen molar-refractivity contribution in [2.24, 2.45) is 11.8 Å². The second-order valence-electron chi connectivity index (χ2n) is 9.50. The molecule has 0 aromatic rings. The number of piperazine rings is 2. The van der Waals surface area contributed by atoms with E-state index in [9.17, 15) is 24.0 Å². The van der Waals surface area contributed by atoms with Crippen LogP contribution in [-0.2, 0) is 28.7 Å². The SMILES string of the molecule is CC(C)CCOC(=O)CC1C(=O)NCCN1C(=O)N1CCNC(=O)C1CC(=O)OCCC(C)C. The lowest BCUT2D eigenvalue weighted by molar-refractivity contribution is -0.148.